The van der Waals surface area contributed by atoms with Crippen LogP contribution >= 0.6 is 0 Å². The highest BCUT2D eigenvalue weighted by atomic mass is 16.1. The minimum atomic E-state index is 0.311. The summed E-state index contributed by atoms with van der Waals surface area (Å²) in [6, 6.07) is 18.5. The van der Waals surface area contributed by atoms with Gasteiger partial charge in [0, 0.05) is 24.4 Å². The number of aromatic nitrogens is 1. The number of Topliss-reactive ketones (excluding diaryl/α,β-unsaturated/α-hetero) is 1. The highest BCUT2D eigenvalue weighted by Crippen LogP contribution is 2.31. The van der Waals surface area contributed by atoms with E-state index in [1.165, 1.54) is 12.8 Å². The highest BCUT2D eigenvalue weighted by Gasteiger charge is 2.13. The van der Waals surface area contributed by atoms with Gasteiger partial charge in [-0.15, -0.1) is 0 Å². The smallest absolute Gasteiger partial charge is 0.137 e. The van der Waals surface area contributed by atoms with Crippen LogP contribution in [0.5, 0.6) is 0 Å². The fourth-order valence-corrected chi connectivity index (χ4v) is 3.31. The van der Waals surface area contributed by atoms with Crippen LogP contribution in [0.25, 0.3) is 22.0 Å². The zero-order valence-corrected chi connectivity index (χ0v) is 14.9. The van der Waals surface area contributed by atoms with Gasteiger partial charge in [-0.25, -0.2) is 0 Å². The predicted octanol–water partition coefficient (Wildman–Crippen LogP) is 5.98. The van der Waals surface area contributed by atoms with E-state index in [9.17, 15) is 4.79 Å². The van der Waals surface area contributed by atoms with E-state index in [0.717, 1.165) is 40.4 Å². The van der Waals surface area contributed by atoms with E-state index in [4.69, 9.17) is 0 Å². The third-order valence-corrected chi connectivity index (χ3v) is 4.61. The quantitative estimate of drug-likeness (QED) is 0.475. The van der Waals surface area contributed by atoms with Crippen LogP contribution < -0.4 is 0 Å². The molecule has 3 aromatic rings. The first kappa shape index (κ1) is 17.3. The van der Waals surface area contributed by atoms with Crippen LogP contribution in [0.1, 0.15) is 44.6 Å². The normalized spacial score (nSPS) is 10.9. The fourth-order valence-electron chi connectivity index (χ4n) is 3.31. The molecule has 3 rings (SSSR count). The molecular formula is C23H25NO. The van der Waals surface area contributed by atoms with Gasteiger partial charge in [0.2, 0.25) is 0 Å². The summed E-state index contributed by atoms with van der Waals surface area (Å²) in [5, 5.41) is 1.12. The molecule has 0 atom stereocenters. The predicted molar refractivity (Wildman–Crippen MR) is 105 cm³/mol. The zero-order valence-electron chi connectivity index (χ0n) is 14.9. The van der Waals surface area contributed by atoms with Crippen molar-refractivity contribution >= 4 is 16.7 Å². The molecule has 25 heavy (non-hydrogen) atoms. The monoisotopic (exact) mass is 331 g/mol. The summed E-state index contributed by atoms with van der Waals surface area (Å²) >= 11 is 0. The molecular weight excluding hydrogens is 306 g/mol. The molecule has 0 radical (unpaired) electrons. The van der Waals surface area contributed by atoms with Crippen molar-refractivity contribution in [3.8, 4) is 11.1 Å². The third-order valence-electron chi connectivity index (χ3n) is 4.61. The largest absolute Gasteiger partial charge is 0.299 e. The standard InChI is InChI=1S/C23H25NO/c1-2-3-4-8-13-20(25)16-19-17-24-22-15-10-9-14-21(22)23(19)18-11-6-5-7-12-18/h5-7,9-12,14-15,17H,2-4,8,13,16H2,1H3. The summed E-state index contributed by atoms with van der Waals surface area (Å²) in [5.74, 6) is 0.311. The summed E-state index contributed by atoms with van der Waals surface area (Å²) in [6.45, 7) is 2.19. The van der Waals surface area contributed by atoms with Crippen molar-refractivity contribution in [2.75, 3.05) is 0 Å². The van der Waals surface area contributed by atoms with E-state index in [2.05, 4.69) is 30.1 Å². The molecule has 2 nitrogen and oxygen atoms in total. The number of carbonyl (C=O) groups is 1. The van der Waals surface area contributed by atoms with Gasteiger partial charge < -0.3 is 0 Å². The number of hydrogen-bond donors (Lipinski definition) is 0. The van der Waals surface area contributed by atoms with Crippen LogP contribution in [0, 0.1) is 0 Å². The van der Waals surface area contributed by atoms with Crippen molar-refractivity contribution in [2.45, 2.75) is 45.4 Å². The SMILES string of the molecule is CCCCCCC(=O)Cc1cnc2ccccc2c1-c1ccccc1. The van der Waals surface area contributed by atoms with Crippen molar-refractivity contribution in [1.29, 1.82) is 0 Å². The minimum absolute atomic E-state index is 0.311. The summed E-state index contributed by atoms with van der Waals surface area (Å²) in [4.78, 5) is 17.0. The number of rotatable bonds is 8. The Morgan fingerprint density at radius 2 is 1.68 bits per heavy atom. The number of hydrogen-bond acceptors (Lipinski definition) is 2. The Labute approximate surface area is 149 Å². The van der Waals surface area contributed by atoms with Gasteiger partial charge in [0.15, 0.2) is 0 Å². The number of para-hydroxylation sites is 1. The number of nitrogens with zero attached hydrogens (tertiary/aromatic N) is 1. The van der Waals surface area contributed by atoms with Gasteiger partial charge in [-0.3, -0.25) is 9.78 Å². The lowest BCUT2D eigenvalue weighted by atomic mass is 9.93. The molecule has 128 valence electrons. The Hall–Kier alpha value is -2.48. The third kappa shape index (κ3) is 4.33. The molecule has 0 amide bonds. The van der Waals surface area contributed by atoms with E-state index in [1.807, 2.05) is 42.6 Å². The molecule has 0 aliphatic rings. The minimum Gasteiger partial charge on any atom is -0.299 e. The molecule has 0 aliphatic carbocycles. The van der Waals surface area contributed by atoms with Gasteiger partial charge in [-0.2, -0.15) is 0 Å². The lowest BCUT2D eigenvalue weighted by molar-refractivity contribution is -0.118. The van der Waals surface area contributed by atoms with Gasteiger partial charge in [0.05, 0.1) is 5.52 Å². The van der Waals surface area contributed by atoms with Crippen LogP contribution in [-0.2, 0) is 11.2 Å². The van der Waals surface area contributed by atoms with E-state index in [1.54, 1.807) is 0 Å². The first-order valence-electron chi connectivity index (χ1n) is 9.23. The topological polar surface area (TPSA) is 30.0 Å². The van der Waals surface area contributed by atoms with E-state index < -0.39 is 0 Å². The second-order valence-electron chi connectivity index (χ2n) is 6.57. The van der Waals surface area contributed by atoms with Crippen LogP contribution in [0.3, 0.4) is 0 Å². The maximum absolute atomic E-state index is 12.5. The van der Waals surface area contributed by atoms with Gasteiger partial charge in [-0.05, 0) is 29.2 Å². The van der Waals surface area contributed by atoms with Crippen LogP contribution in [-0.4, -0.2) is 10.8 Å². The molecule has 2 aromatic carbocycles. The molecule has 0 saturated heterocycles. The average Bonchev–Trinajstić information content (AvgIpc) is 2.66. The number of pyridine rings is 1. The number of carbonyl (C=O) groups excluding carboxylic acids is 1. The molecule has 1 aromatic heterocycles. The van der Waals surface area contributed by atoms with Gasteiger partial charge in [0.25, 0.3) is 0 Å². The van der Waals surface area contributed by atoms with Crippen LogP contribution in [0.15, 0.2) is 60.8 Å². The number of ketones is 1. The lowest BCUT2D eigenvalue weighted by Crippen LogP contribution is -2.05. The summed E-state index contributed by atoms with van der Waals surface area (Å²) < 4.78 is 0. The van der Waals surface area contributed by atoms with Crippen molar-refractivity contribution in [2.24, 2.45) is 0 Å². The zero-order chi connectivity index (χ0) is 17.5. The molecule has 0 aliphatic heterocycles. The Morgan fingerprint density at radius 1 is 0.920 bits per heavy atom. The van der Waals surface area contributed by atoms with Gasteiger partial charge >= 0.3 is 0 Å². The first-order valence-corrected chi connectivity index (χ1v) is 9.23. The van der Waals surface area contributed by atoms with E-state index in [0.29, 0.717) is 18.6 Å². The lowest BCUT2D eigenvalue weighted by Gasteiger charge is -2.13. The van der Waals surface area contributed by atoms with Crippen LogP contribution in [0.4, 0.5) is 0 Å². The maximum atomic E-state index is 12.5. The van der Waals surface area contributed by atoms with Crippen LogP contribution in [0.2, 0.25) is 0 Å². The fraction of sp³-hybridized carbons (Fsp3) is 0.304. The average molecular weight is 331 g/mol. The number of unbranched alkanes of at least 4 members (excludes halogenated alkanes) is 3. The molecule has 0 spiro atoms. The highest BCUT2D eigenvalue weighted by molar-refractivity contribution is 5.97. The summed E-state index contributed by atoms with van der Waals surface area (Å²) in [7, 11) is 0. The molecule has 1 heterocycles. The van der Waals surface area contributed by atoms with E-state index in [-0.39, 0.29) is 0 Å². The van der Waals surface area contributed by atoms with Crippen molar-refractivity contribution in [3.05, 3.63) is 66.4 Å². The maximum Gasteiger partial charge on any atom is 0.137 e. The number of benzene rings is 2. The summed E-state index contributed by atoms with van der Waals surface area (Å²) in [5.41, 5.74) is 4.30. The van der Waals surface area contributed by atoms with Gasteiger partial charge in [-0.1, -0.05) is 74.7 Å². The summed E-state index contributed by atoms with van der Waals surface area (Å²) in [6.07, 6.45) is 7.56. The van der Waals surface area contributed by atoms with E-state index >= 15 is 0 Å². The van der Waals surface area contributed by atoms with Crippen molar-refractivity contribution in [1.82, 2.24) is 4.98 Å². The van der Waals surface area contributed by atoms with Crippen molar-refractivity contribution in [3.63, 3.8) is 0 Å². The second kappa shape index (κ2) is 8.57. The Morgan fingerprint density at radius 3 is 2.48 bits per heavy atom. The van der Waals surface area contributed by atoms with Crippen molar-refractivity contribution < 1.29 is 4.79 Å². The van der Waals surface area contributed by atoms with Gasteiger partial charge in [0.1, 0.15) is 5.78 Å². The number of fused-ring (bicyclic) bond motifs is 1. The molecule has 0 saturated carbocycles. The Balaban J connectivity index is 1.91. The Kier molecular flexibility index (Phi) is 5.95. The molecule has 0 bridgehead atoms. The first-order chi connectivity index (χ1) is 12.3. The second-order valence-corrected chi connectivity index (χ2v) is 6.57. The molecule has 0 fully saturated rings. The molecule has 0 N–H and O–H groups in total. The molecule has 0 unspecified atom stereocenters. The Bertz CT molecular complexity index is 839. The molecule has 2 heteroatoms.